The fourth-order valence-corrected chi connectivity index (χ4v) is 3.42. The average Bonchev–Trinajstić information content (AvgIpc) is 2.67. The number of phenolic OH excluding ortho intramolecular Hbond substituents is 1. The summed E-state index contributed by atoms with van der Waals surface area (Å²) < 4.78 is 0. The van der Waals surface area contributed by atoms with E-state index in [9.17, 15) is 15.5 Å². The van der Waals surface area contributed by atoms with Crippen molar-refractivity contribution in [3.8, 4) is 17.9 Å². The maximum atomic E-state index is 10.6. The Bertz CT molecular complexity index is 792. The minimum absolute atomic E-state index is 0.182. The number of hydrogen-bond acceptors (Lipinski definition) is 4. The monoisotopic (exact) mass is 362 g/mol. The van der Waals surface area contributed by atoms with Crippen molar-refractivity contribution in [3.63, 3.8) is 0 Å². The Kier molecular flexibility index (Phi) is 7.41. The Morgan fingerprint density at radius 2 is 1.56 bits per heavy atom. The number of aliphatic hydroxyl groups is 1. The van der Waals surface area contributed by atoms with E-state index in [0.717, 1.165) is 30.4 Å². The zero-order chi connectivity index (χ0) is 19.7. The predicted molar refractivity (Wildman–Crippen MR) is 105 cm³/mol. The van der Waals surface area contributed by atoms with Crippen molar-refractivity contribution in [1.29, 1.82) is 10.5 Å². The smallest absolute Gasteiger partial charge is 0.115 e. The van der Waals surface area contributed by atoms with Crippen molar-refractivity contribution >= 4 is 0 Å². The zero-order valence-corrected chi connectivity index (χ0v) is 15.7. The number of aromatic hydroxyl groups is 1. The van der Waals surface area contributed by atoms with E-state index in [1.165, 1.54) is 5.56 Å². The summed E-state index contributed by atoms with van der Waals surface area (Å²) in [6, 6.07) is 18.9. The van der Waals surface area contributed by atoms with Crippen LogP contribution in [-0.4, -0.2) is 15.8 Å². The van der Waals surface area contributed by atoms with Gasteiger partial charge in [-0.25, -0.2) is 0 Å². The number of nitriles is 2. The minimum atomic E-state index is -0.899. The zero-order valence-electron chi connectivity index (χ0n) is 15.7. The lowest BCUT2D eigenvalue weighted by Gasteiger charge is -2.36. The second-order valence-electron chi connectivity index (χ2n) is 7.14. The highest BCUT2D eigenvalue weighted by molar-refractivity contribution is 5.34. The number of rotatable bonds is 3. The molecule has 4 heteroatoms. The molecule has 0 radical (unpaired) electrons. The SMILES string of the molecule is Cc1ccc(CC#N)cc1.N#CC(c1ccc(O)cc1)C1(O)CCCCC1. The molecule has 4 nitrogen and oxygen atoms in total. The van der Waals surface area contributed by atoms with Crippen molar-refractivity contribution < 1.29 is 10.2 Å². The van der Waals surface area contributed by atoms with Crippen molar-refractivity contribution in [2.24, 2.45) is 0 Å². The fourth-order valence-electron chi connectivity index (χ4n) is 3.42. The largest absolute Gasteiger partial charge is 0.508 e. The van der Waals surface area contributed by atoms with E-state index in [2.05, 4.69) is 12.1 Å². The van der Waals surface area contributed by atoms with Crippen LogP contribution in [-0.2, 0) is 6.42 Å². The number of nitrogens with zero attached hydrogens (tertiary/aromatic N) is 2. The van der Waals surface area contributed by atoms with Crippen LogP contribution in [0.4, 0.5) is 0 Å². The quantitative estimate of drug-likeness (QED) is 0.824. The fraction of sp³-hybridized carbons (Fsp3) is 0.391. The third-order valence-electron chi connectivity index (χ3n) is 5.02. The Morgan fingerprint density at radius 1 is 0.963 bits per heavy atom. The van der Waals surface area contributed by atoms with Crippen molar-refractivity contribution in [3.05, 3.63) is 65.2 Å². The van der Waals surface area contributed by atoms with Crippen molar-refractivity contribution in [1.82, 2.24) is 0 Å². The van der Waals surface area contributed by atoms with Crippen molar-refractivity contribution in [2.75, 3.05) is 0 Å². The molecule has 0 spiro atoms. The standard InChI is InChI=1S/C14H17NO2.C9H9N/c15-10-13(11-4-6-12(16)7-5-11)14(17)8-2-1-3-9-14;1-8-2-4-9(5-3-8)6-7-10/h4-7,13,16-17H,1-3,8-9H2;2-5H,6H2,1H3. The van der Waals surface area contributed by atoms with E-state index in [4.69, 9.17) is 5.26 Å². The molecule has 140 valence electrons. The van der Waals surface area contributed by atoms with Gasteiger partial charge in [-0.15, -0.1) is 0 Å². The molecule has 1 aliphatic carbocycles. The van der Waals surface area contributed by atoms with Gasteiger partial charge < -0.3 is 10.2 Å². The molecule has 2 aromatic rings. The third kappa shape index (κ3) is 5.84. The Hall–Kier alpha value is -2.82. The number of hydrogen-bond donors (Lipinski definition) is 2. The molecule has 0 aromatic heterocycles. The molecule has 0 aliphatic heterocycles. The second-order valence-corrected chi connectivity index (χ2v) is 7.14. The molecule has 27 heavy (non-hydrogen) atoms. The van der Waals surface area contributed by atoms with E-state index in [-0.39, 0.29) is 5.75 Å². The predicted octanol–water partition coefficient (Wildman–Crippen LogP) is 4.76. The number of aryl methyl sites for hydroxylation is 1. The summed E-state index contributed by atoms with van der Waals surface area (Å²) >= 11 is 0. The maximum Gasteiger partial charge on any atom is 0.115 e. The van der Waals surface area contributed by atoms with Gasteiger partial charge >= 0.3 is 0 Å². The van der Waals surface area contributed by atoms with E-state index in [1.54, 1.807) is 24.3 Å². The Balaban J connectivity index is 0.000000223. The first kappa shape index (κ1) is 20.5. The summed E-state index contributed by atoms with van der Waals surface area (Å²) in [6.07, 6.45) is 4.98. The van der Waals surface area contributed by atoms with Crippen LogP contribution in [0.25, 0.3) is 0 Å². The normalized spacial score (nSPS) is 16.1. The van der Waals surface area contributed by atoms with Crippen LogP contribution in [0, 0.1) is 29.6 Å². The van der Waals surface area contributed by atoms with Gasteiger partial charge in [-0.3, -0.25) is 0 Å². The molecule has 2 aromatic carbocycles. The summed E-state index contributed by atoms with van der Waals surface area (Å²) in [4.78, 5) is 0. The highest BCUT2D eigenvalue weighted by atomic mass is 16.3. The average molecular weight is 362 g/mol. The van der Waals surface area contributed by atoms with Crippen LogP contribution in [0.5, 0.6) is 5.75 Å². The summed E-state index contributed by atoms with van der Waals surface area (Å²) in [6.45, 7) is 2.04. The van der Waals surface area contributed by atoms with Crippen LogP contribution >= 0.6 is 0 Å². The first-order chi connectivity index (χ1) is 13.0. The maximum absolute atomic E-state index is 10.6. The Labute approximate surface area is 161 Å². The van der Waals surface area contributed by atoms with E-state index in [1.807, 2.05) is 31.2 Å². The van der Waals surface area contributed by atoms with Crippen LogP contribution in [0.3, 0.4) is 0 Å². The lowest BCUT2D eigenvalue weighted by atomic mass is 9.73. The first-order valence-corrected chi connectivity index (χ1v) is 9.32. The summed E-state index contributed by atoms with van der Waals surface area (Å²) in [5.74, 6) is -0.315. The molecule has 1 unspecified atom stereocenters. The van der Waals surface area contributed by atoms with Gasteiger partial charge in [-0.05, 0) is 43.0 Å². The van der Waals surface area contributed by atoms with Gasteiger partial charge in [-0.2, -0.15) is 10.5 Å². The van der Waals surface area contributed by atoms with Crippen LogP contribution < -0.4 is 0 Å². The van der Waals surface area contributed by atoms with Gasteiger partial charge in [0.2, 0.25) is 0 Å². The van der Waals surface area contributed by atoms with E-state index < -0.39 is 11.5 Å². The van der Waals surface area contributed by atoms with Gasteiger partial charge in [-0.1, -0.05) is 61.2 Å². The van der Waals surface area contributed by atoms with Crippen LogP contribution in [0.2, 0.25) is 0 Å². The Morgan fingerprint density at radius 3 is 2.07 bits per heavy atom. The molecule has 0 bridgehead atoms. The summed E-state index contributed by atoms with van der Waals surface area (Å²) in [5, 5.41) is 37.4. The molecule has 0 heterocycles. The van der Waals surface area contributed by atoms with Gasteiger partial charge in [0, 0.05) is 0 Å². The first-order valence-electron chi connectivity index (χ1n) is 9.32. The summed E-state index contributed by atoms with van der Waals surface area (Å²) in [5.41, 5.74) is 2.22. The molecule has 0 saturated heterocycles. The molecule has 1 fully saturated rings. The van der Waals surface area contributed by atoms with Crippen molar-refractivity contribution in [2.45, 2.75) is 57.0 Å². The highest BCUT2D eigenvalue weighted by Crippen LogP contribution is 2.39. The minimum Gasteiger partial charge on any atom is -0.508 e. The van der Waals surface area contributed by atoms with Gasteiger partial charge in [0.15, 0.2) is 0 Å². The highest BCUT2D eigenvalue weighted by Gasteiger charge is 2.38. The van der Waals surface area contributed by atoms with Crippen LogP contribution in [0.1, 0.15) is 54.7 Å². The molecule has 1 aliphatic rings. The lowest BCUT2D eigenvalue weighted by Crippen LogP contribution is -2.37. The third-order valence-corrected chi connectivity index (χ3v) is 5.02. The molecular formula is C23H26N2O2. The molecular weight excluding hydrogens is 336 g/mol. The van der Waals surface area contributed by atoms with Gasteiger partial charge in [0.25, 0.3) is 0 Å². The molecule has 2 N–H and O–H groups in total. The van der Waals surface area contributed by atoms with Gasteiger partial charge in [0.05, 0.1) is 30.1 Å². The molecule has 0 amide bonds. The van der Waals surface area contributed by atoms with Crippen LogP contribution in [0.15, 0.2) is 48.5 Å². The lowest BCUT2D eigenvalue weighted by molar-refractivity contribution is -0.00715. The van der Waals surface area contributed by atoms with Gasteiger partial charge in [0.1, 0.15) is 5.75 Å². The molecule has 1 atom stereocenters. The molecule has 3 rings (SSSR count). The second kappa shape index (κ2) is 9.76. The number of benzene rings is 2. The summed E-state index contributed by atoms with van der Waals surface area (Å²) in [7, 11) is 0. The number of phenols is 1. The molecule has 1 saturated carbocycles. The van der Waals surface area contributed by atoms with E-state index in [0.29, 0.717) is 19.3 Å². The van der Waals surface area contributed by atoms with E-state index >= 15 is 0 Å². The topological polar surface area (TPSA) is 88.0 Å².